The largest absolute Gasteiger partial charge is 0.506 e. The molecule has 1 rings (SSSR count). The molecule has 0 aliphatic carbocycles. The summed E-state index contributed by atoms with van der Waals surface area (Å²) in [7, 11) is 0. The zero-order chi connectivity index (χ0) is 10.7. The third-order valence-corrected chi connectivity index (χ3v) is 1.87. The Morgan fingerprint density at radius 2 is 2.14 bits per heavy atom. The first-order valence-electron chi connectivity index (χ1n) is 4.06. The molecule has 1 atom stereocenters. The van der Waals surface area contributed by atoms with Crippen LogP contribution in [0.25, 0.3) is 0 Å². The Morgan fingerprint density at radius 1 is 1.50 bits per heavy atom. The van der Waals surface area contributed by atoms with Crippen molar-refractivity contribution in [3.8, 4) is 5.75 Å². The van der Waals surface area contributed by atoms with Gasteiger partial charge in [0.2, 0.25) is 0 Å². The van der Waals surface area contributed by atoms with Gasteiger partial charge in [0.1, 0.15) is 11.8 Å². The van der Waals surface area contributed by atoms with Crippen LogP contribution in [0.15, 0.2) is 18.2 Å². The predicted molar refractivity (Wildman–Crippen MR) is 51.8 cm³/mol. The lowest BCUT2D eigenvalue weighted by Crippen LogP contribution is -2.32. The molecule has 0 saturated carbocycles. The van der Waals surface area contributed by atoms with E-state index in [0.717, 1.165) is 0 Å². The van der Waals surface area contributed by atoms with Crippen molar-refractivity contribution in [2.24, 2.45) is 5.73 Å². The summed E-state index contributed by atoms with van der Waals surface area (Å²) < 4.78 is 0. The van der Waals surface area contributed by atoms with Crippen molar-refractivity contribution in [2.75, 3.05) is 5.73 Å². The van der Waals surface area contributed by atoms with Crippen molar-refractivity contribution < 1.29 is 15.0 Å². The fraction of sp³-hybridized carbons (Fsp3) is 0.222. The second-order valence-corrected chi connectivity index (χ2v) is 3.04. The summed E-state index contributed by atoms with van der Waals surface area (Å²) in [5.41, 5.74) is 11.6. The van der Waals surface area contributed by atoms with E-state index >= 15 is 0 Å². The zero-order valence-electron chi connectivity index (χ0n) is 7.47. The molecule has 1 unspecified atom stereocenters. The minimum Gasteiger partial charge on any atom is -0.506 e. The number of phenols is 1. The first kappa shape index (κ1) is 10.3. The number of carboxylic acid groups (broad SMARTS) is 1. The molecular weight excluding hydrogens is 184 g/mol. The molecule has 1 aromatic rings. The van der Waals surface area contributed by atoms with Gasteiger partial charge in [-0.15, -0.1) is 0 Å². The number of aromatic hydroxyl groups is 1. The van der Waals surface area contributed by atoms with Crippen LogP contribution in [0.5, 0.6) is 5.75 Å². The highest BCUT2D eigenvalue weighted by Gasteiger charge is 2.12. The summed E-state index contributed by atoms with van der Waals surface area (Å²) in [4.78, 5) is 10.4. The van der Waals surface area contributed by atoms with Gasteiger partial charge in [-0.1, -0.05) is 6.07 Å². The maximum absolute atomic E-state index is 10.4. The van der Waals surface area contributed by atoms with Crippen LogP contribution in [0.3, 0.4) is 0 Å². The normalized spacial score (nSPS) is 12.4. The number of aliphatic carboxylic acids is 1. The van der Waals surface area contributed by atoms with Crippen molar-refractivity contribution >= 4 is 11.7 Å². The van der Waals surface area contributed by atoms with Gasteiger partial charge >= 0.3 is 5.97 Å². The van der Waals surface area contributed by atoms with E-state index in [4.69, 9.17) is 16.6 Å². The lowest BCUT2D eigenvalue weighted by Gasteiger charge is -2.07. The number of hydrogen-bond donors (Lipinski definition) is 4. The third-order valence-electron chi connectivity index (χ3n) is 1.87. The molecule has 0 radical (unpaired) electrons. The number of anilines is 1. The van der Waals surface area contributed by atoms with Gasteiger partial charge in [0.15, 0.2) is 0 Å². The average Bonchev–Trinajstić information content (AvgIpc) is 2.11. The van der Waals surface area contributed by atoms with Gasteiger partial charge in [0, 0.05) is 0 Å². The molecule has 14 heavy (non-hydrogen) atoms. The molecule has 6 N–H and O–H groups in total. The fourth-order valence-corrected chi connectivity index (χ4v) is 1.06. The van der Waals surface area contributed by atoms with E-state index in [1.54, 1.807) is 6.07 Å². The fourth-order valence-electron chi connectivity index (χ4n) is 1.06. The Labute approximate surface area is 81.0 Å². The molecular formula is C9H12N2O3. The highest BCUT2D eigenvalue weighted by atomic mass is 16.4. The summed E-state index contributed by atoms with van der Waals surface area (Å²) in [5, 5.41) is 17.8. The van der Waals surface area contributed by atoms with Gasteiger partial charge in [-0.05, 0) is 24.1 Å². The van der Waals surface area contributed by atoms with Crippen molar-refractivity contribution in [1.29, 1.82) is 0 Å². The first-order valence-corrected chi connectivity index (χ1v) is 4.06. The van der Waals surface area contributed by atoms with E-state index in [2.05, 4.69) is 0 Å². The molecule has 0 bridgehead atoms. The van der Waals surface area contributed by atoms with Crippen LogP contribution in [0.1, 0.15) is 5.56 Å². The molecule has 0 spiro atoms. The number of rotatable bonds is 3. The number of benzene rings is 1. The van der Waals surface area contributed by atoms with Crippen molar-refractivity contribution in [2.45, 2.75) is 12.5 Å². The molecule has 0 aromatic heterocycles. The Kier molecular flexibility index (Phi) is 2.93. The second-order valence-electron chi connectivity index (χ2n) is 3.04. The molecule has 5 heteroatoms. The third kappa shape index (κ3) is 2.37. The Bertz CT molecular complexity index is 352. The number of nitrogen functional groups attached to an aromatic ring is 1. The maximum atomic E-state index is 10.4. The summed E-state index contributed by atoms with van der Waals surface area (Å²) in [5.74, 6) is -1.12. The van der Waals surface area contributed by atoms with Gasteiger partial charge in [-0.2, -0.15) is 0 Å². The Morgan fingerprint density at radius 3 is 2.64 bits per heavy atom. The molecule has 0 fully saturated rings. The number of hydrogen-bond acceptors (Lipinski definition) is 4. The zero-order valence-corrected chi connectivity index (χ0v) is 7.47. The molecule has 0 amide bonds. The van der Waals surface area contributed by atoms with Crippen molar-refractivity contribution in [3.63, 3.8) is 0 Å². The van der Waals surface area contributed by atoms with Crippen LogP contribution in [0.4, 0.5) is 5.69 Å². The van der Waals surface area contributed by atoms with Gasteiger partial charge in [0.25, 0.3) is 0 Å². The molecule has 5 nitrogen and oxygen atoms in total. The van der Waals surface area contributed by atoms with Crippen LogP contribution in [0, 0.1) is 0 Å². The average molecular weight is 196 g/mol. The predicted octanol–water partition coefficient (Wildman–Crippen LogP) is -0.0712. The van der Waals surface area contributed by atoms with E-state index in [-0.39, 0.29) is 17.9 Å². The Balaban J connectivity index is 2.78. The lowest BCUT2D eigenvalue weighted by atomic mass is 10.1. The second kappa shape index (κ2) is 3.97. The van der Waals surface area contributed by atoms with E-state index in [1.807, 2.05) is 0 Å². The maximum Gasteiger partial charge on any atom is 0.320 e. The highest BCUT2D eigenvalue weighted by molar-refractivity contribution is 5.73. The summed E-state index contributed by atoms with van der Waals surface area (Å²) in [6.07, 6.45) is 0.170. The SMILES string of the molecule is Nc1ccc(CC(N)C(=O)O)cc1O. The van der Waals surface area contributed by atoms with Crippen LogP contribution in [0.2, 0.25) is 0 Å². The van der Waals surface area contributed by atoms with E-state index in [9.17, 15) is 9.90 Å². The monoisotopic (exact) mass is 196 g/mol. The lowest BCUT2D eigenvalue weighted by molar-refractivity contribution is -0.138. The van der Waals surface area contributed by atoms with Gasteiger partial charge in [-0.3, -0.25) is 4.79 Å². The van der Waals surface area contributed by atoms with Crippen LogP contribution >= 0.6 is 0 Å². The minimum atomic E-state index is -1.07. The molecule has 1 aromatic carbocycles. The van der Waals surface area contributed by atoms with Crippen molar-refractivity contribution in [3.05, 3.63) is 23.8 Å². The number of carboxylic acids is 1. The summed E-state index contributed by atoms with van der Waals surface area (Å²) >= 11 is 0. The first-order chi connectivity index (χ1) is 6.50. The molecule has 0 saturated heterocycles. The smallest absolute Gasteiger partial charge is 0.320 e. The number of phenolic OH excluding ortho intramolecular Hbond substituents is 1. The number of nitrogens with two attached hydrogens (primary N) is 2. The van der Waals surface area contributed by atoms with E-state index < -0.39 is 12.0 Å². The quantitative estimate of drug-likeness (QED) is 0.399. The summed E-state index contributed by atoms with van der Waals surface area (Å²) in [6.45, 7) is 0. The molecule has 0 heterocycles. The van der Waals surface area contributed by atoms with E-state index in [0.29, 0.717) is 5.56 Å². The van der Waals surface area contributed by atoms with Crippen LogP contribution in [-0.4, -0.2) is 22.2 Å². The van der Waals surface area contributed by atoms with E-state index in [1.165, 1.54) is 12.1 Å². The molecule has 0 aliphatic heterocycles. The van der Waals surface area contributed by atoms with Crippen LogP contribution in [-0.2, 0) is 11.2 Å². The molecule has 76 valence electrons. The minimum absolute atomic E-state index is 0.0555. The topological polar surface area (TPSA) is 110 Å². The van der Waals surface area contributed by atoms with Gasteiger partial charge in [0.05, 0.1) is 5.69 Å². The molecule has 0 aliphatic rings. The van der Waals surface area contributed by atoms with Gasteiger partial charge in [-0.25, -0.2) is 0 Å². The number of carbonyl (C=O) groups is 1. The van der Waals surface area contributed by atoms with Gasteiger partial charge < -0.3 is 21.7 Å². The standard InChI is InChI=1S/C9H12N2O3/c10-6-2-1-5(4-8(6)12)3-7(11)9(13)14/h1-2,4,7,12H,3,10-11H2,(H,13,14). The highest BCUT2D eigenvalue weighted by Crippen LogP contribution is 2.21. The summed E-state index contributed by atoms with van der Waals surface area (Å²) in [6, 6.07) is 3.60. The Hall–Kier alpha value is -1.75. The van der Waals surface area contributed by atoms with Crippen molar-refractivity contribution in [1.82, 2.24) is 0 Å². The van der Waals surface area contributed by atoms with Crippen LogP contribution < -0.4 is 11.5 Å².